The number of carbonyl (C=O) groups excluding carboxylic acids is 4. The standard InChI is InChI=1S/C23H36N2O4/c1-14(26)24-20(27)18-10-5-7-15-13-19(18)22(29)25(21(15)28)17-9-6-8-16(11-12-17)23(2,3)4/h15-19H,5-13H2,1-4H3,(H,24,26,27). The molecule has 1 aliphatic heterocycles. The molecule has 3 fully saturated rings. The predicted octanol–water partition coefficient (Wildman–Crippen LogP) is 3.44. The van der Waals surface area contributed by atoms with Crippen molar-refractivity contribution in [1.29, 1.82) is 0 Å². The molecule has 0 spiro atoms. The Morgan fingerprint density at radius 3 is 2.28 bits per heavy atom. The van der Waals surface area contributed by atoms with Gasteiger partial charge in [-0.15, -0.1) is 0 Å². The van der Waals surface area contributed by atoms with Crippen LogP contribution in [0.3, 0.4) is 0 Å². The molecule has 3 aliphatic rings. The first-order chi connectivity index (χ1) is 13.6. The van der Waals surface area contributed by atoms with Crippen molar-refractivity contribution in [3.8, 4) is 0 Å². The van der Waals surface area contributed by atoms with Crippen LogP contribution in [0, 0.1) is 29.1 Å². The molecule has 5 atom stereocenters. The molecule has 0 aromatic carbocycles. The number of nitrogens with one attached hydrogen (secondary N) is 1. The number of rotatable bonds is 2. The van der Waals surface area contributed by atoms with E-state index in [4.69, 9.17) is 0 Å². The van der Waals surface area contributed by atoms with Gasteiger partial charge >= 0.3 is 0 Å². The summed E-state index contributed by atoms with van der Waals surface area (Å²) in [5.41, 5.74) is 0.231. The van der Waals surface area contributed by atoms with Gasteiger partial charge in [-0.2, -0.15) is 0 Å². The van der Waals surface area contributed by atoms with Crippen LogP contribution in [-0.2, 0) is 19.2 Å². The molecule has 1 heterocycles. The summed E-state index contributed by atoms with van der Waals surface area (Å²) in [4.78, 5) is 52.1. The Balaban J connectivity index is 1.80. The van der Waals surface area contributed by atoms with Crippen LogP contribution in [0.2, 0.25) is 0 Å². The molecule has 2 bridgehead atoms. The lowest BCUT2D eigenvalue weighted by Gasteiger charge is -2.40. The third-order valence-electron chi connectivity index (χ3n) is 7.40. The van der Waals surface area contributed by atoms with Crippen molar-refractivity contribution < 1.29 is 19.2 Å². The topological polar surface area (TPSA) is 83.6 Å². The number of likely N-dealkylation sites (tertiary alicyclic amines) is 1. The van der Waals surface area contributed by atoms with E-state index in [0.29, 0.717) is 18.8 Å². The Bertz CT molecular complexity index is 681. The first-order valence-electron chi connectivity index (χ1n) is 11.3. The SMILES string of the molecule is CC(=O)NC(=O)C1CCCC2CC1C(=O)N(C1CCCC(C(C)(C)C)CC1)C2=O. The van der Waals surface area contributed by atoms with Gasteiger partial charge in [0.1, 0.15) is 0 Å². The number of nitrogens with zero attached hydrogens (tertiary/aromatic N) is 1. The highest BCUT2D eigenvalue weighted by Crippen LogP contribution is 2.42. The van der Waals surface area contributed by atoms with E-state index in [1.54, 1.807) is 4.90 Å². The van der Waals surface area contributed by atoms with Crippen LogP contribution in [0.5, 0.6) is 0 Å². The zero-order valence-corrected chi connectivity index (χ0v) is 18.3. The largest absolute Gasteiger partial charge is 0.296 e. The molecule has 2 saturated carbocycles. The maximum atomic E-state index is 13.4. The highest BCUT2D eigenvalue weighted by Gasteiger charge is 2.49. The predicted molar refractivity (Wildman–Crippen MR) is 109 cm³/mol. The molecular formula is C23H36N2O4. The molecule has 162 valence electrons. The van der Waals surface area contributed by atoms with Gasteiger partial charge < -0.3 is 0 Å². The maximum absolute atomic E-state index is 13.4. The number of hydrogen-bond donors (Lipinski definition) is 1. The Morgan fingerprint density at radius 2 is 1.62 bits per heavy atom. The lowest BCUT2D eigenvalue weighted by molar-refractivity contribution is -0.162. The molecule has 3 rings (SSSR count). The highest BCUT2D eigenvalue weighted by atomic mass is 16.2. The molecule has 2 aliphatic carbocycles. The minimum atomic E-state index is -0.514. The van der Waals surface area contributed by atoms with E-state index in [0.717, 1.165) is 44.9 Å². The average molecular weight is 405 g/mol. The number of imide groups is 2. The molecule has 6 nitrogen and oxygen atoms in total. The average Bonchev–Trinajstić information content (AvgIpc) is 2.97. The summed E-state index contributed by atoms with van der Waals surface area (Å²) in [7, 11) is 0. The second kappa shape index (κ2) is 8.57. The Hall–Kier alpha value is -1.72. The minimum Gasteiger partial charge on any atom is -0.296 e. The molecule has 0 aromatic heterocycles. The van der Waals surface area contributed by atoms with Crippen LogP contribution in [0.1, 0.15) is 85.5 Å². The summed E-state index contributed by atoms with van der Waals surface area (Å²) in [5.74, 6) is -1.55. The fourth-order valence-corrected chi connectivity index (χ4v) is 5.70. The van der Waals surface area contributed by atoms with E-state index in [1.807, 2.05) is 0 Å². The van der Waals surface area contributed by atoms with Crippen molar-refractivity contribution in [2.45, 2.75) is 91.5 Å². The summed E-state index contributed by atoms with van der Waals surface area (Å²) in [6.45, 7) is 8.11. The summed E-state index contributed by atoms with van der Waals surface area (Å²) in [5, 5.41) is 2.37. The van der Waals surface area contributed by atoms with Gasteiger partial charge in [-0.3, -0.25) is 29.4 Å². The third-order valence-corrected chi connectivity index (χ3v) is 7.40. The lowest BCUT2D eigenvalue weighted by atomic mass is 9.76. The van der Waals surface area contributed by atoms with E-state index in [9.17, 15) is 19.2 Å². The number of fused-ring (bicyclic) bond motifs is 2. The van der Waals surface area contributed by atoms with Gasteiger partial charge in [0.25, 0.3) is 0 Å². The highest BCUT2D eigenvalue weighted by molar-refractivity contribution is 6.03. The van der Waals surface area contributed by atoms with Crippen LogP contribution < -0.4 is 5.32 Å². The first kappa shape index (κ1) is 22.0. The van der Waals surface area contributed by atoms with Crippen LogP contribution in [0.4, 0.5) is 0 Å². The summed E-state index contributed by atoms with van der Waals surface area (Å²) in [6, 6.07) is -0.0535. The van der Waals surface area contributed by atoms with Crippen LogP contribution >= 0.6 is 0 Å². The zero-order chi connectivity index (χ0) is 21.3. The molecule has 5 unspecified atom stereocenters. The molecule has 29 heavy (non-hydrogen) atoms. The summed E-state index contributed by atoms with van der Waals surface area (Å²) < 4.78 is 0. The molecule has 6 heteroatoms. The van der Waals surface area contributed by atoms with Crippen LogP contribution in [0.15, 0.2) is 0 Å². The fourth-order valence-electron chi connectivity index (χ4n) is 5.70. The van der Waals surface area contributed by atoms with Gasteiger partial charge in [0, 0.05) is 24.8 Å². The first-order valence-corrected chi connectivity index (χ1v) is 11.3. The van der Waals surface area contributed by atoms with Gasteiger partial charge in [-0.1, -0.05) is 33.6 Å². The van der Waals surface area contributed by atoms with Crippen molar-refractivity contribution in [2.75, 3.05) is 0 Å². The quantitative estimate of drug-likeness (QED) is 0.564. The van der Waals surface area contributed by atoms with Crippen LogP contribution in [0.25, 0.3) is 0 Å². The van der Waals surface area contributed by atoms with Gasteiger partial charge in [0.2, 0.25) is 23.6 Å². The van der Waals surface area contributed by atoms with Gasteiger partial charge in [0.05, 0.1) is 5.92 Å². The molecule has 0 radical (unpaired) electrons. The summed E-state index contributed by atoms with van der Waals surface area (Å²) >= 11 is 0. The number of hydrogen-bond acceptors (Lipinski definition) is 4. The van der Waals surface area contributed by atoms with E-state index in [1.165, 1.54) is 6.92 Å². The van der Waals surface area contributed by atoms with Crippen molar-refractivity contribution in [3.63, 3.8) is 0 Å². The molecule has 1 N–H and O–H groups in total. The zero-order valence-electron chi connectivity index (χ0n) is 18.3. The summed E-state index contributed by atoms with van der Waals surface area (Å²) in [6.07, 6.45) is 7.35. The normalized spacial score (nSPS) is 33.7. The van der Waals surface area contributed by atoms with Crippen molar-refractivity contribution >= 4 is 23.6 Å². The van der Waals surface area contributed by atoms with Crippen molar-refractivity contribution in [1.82, 2.24) is 10.2 Å². The Labute approximate surface area is 174 Å². The van der Waals surface area contributed by atoms with Gasteiger partial charge in [-0.05, 0) is 56.3 Å². The number of amides is 4. The number of carbonyl (C=O) groups is 4. The second-order valence-corrected chi connectivity index (χ2v) is 10.4. The molecule has 0 aromatic rings. The van der Waals surface area contributed by atoms with Gasteiger partial charge in [-0.25, -0.2) is 0 Å². The lowest BCUT2D eigenvalue weighted by Crippen LogP contribution is -2.56. The van der Waals surface area contributed by atoms with Crippen molar-refractivity contribution in [2.24, 2.45) is 29.1 Å². The Kier molecular flexibility index (Phi) is 6.49. The smallest absolute Gasteiger partial charge is 0.233 e. The number of piperidine rings is 1. The monoisotopic (exact) mass is 404 g/mol. The Morgan fingerprint density at radius 1 is 0.931 bits per heavy atom. The third kappa shape index (κ3) is 4.72. The molecular weight excluding hydrogens is 368 g/mol. The van der Waals surface area contributed by atoms with E-state index in [-0.39, 0.29) is 35.1 Å². The minimum absolute atomic E-state index is 0.0296. The maximum Gasteiger partial charge on any atom is 0.233 e. The van der Waals surface area contributed by atoms with Crippen LogP contribution in [-0.4, -0.2) is 34.6 Å². The van der Waals surface area contributed by atoms with E-state index >= 15 is 0 Å². The van der Waals surface area contributed by atoms with E-state index in [2.05, 4.69) is 26.1 Å². The fraction of sp³-hybridized carbons (Fsp3) is 0.826. The van der Waals surface area contributed by atoms with E-state index < -0.39 is 17.7 Å². The van der Waals surface area contributed by atoms with Gasteiger partial charge in [0.15, 0.2) is 0 Å². The van der Waals surface area contributed by atoms with Crippen molar-refractivity contribution in [3.05, 3.63) is 0 Å². The molecule has 4 amide bonds. The molecule has 1 saturated heterocycles. The second-order valence-electron chi connectivity index (χ2n) is 10.4.